The summed E-state index contributed by atoms with van der Waals surface area (Å²) in [5.41, 5.74) is 6.43. The SMILES string of the molecule is N#CCC(N/C=C(\C(=N)Nc1ccc(C#N)cc1)C(N)=O)C1CC1. The normalized spacial score (nSPS) is 14.8. The van der Waals surface area contributed by atoms with Crippen LogP contribution in [-0.4, -0.2) is 17.8 Å². The zero-order valence-electron chi connectivity index (χ0n) is 13.0. The molecule has 1 aliphatic carbocycles. The number of carbonyl (C=O) groups excluding carboxylic acids is 1. The molecule has 0 heterocycles. The molecule has 1 aromatic rings. The van der Waals surface area contributed by atoms with E-state index in [2.05, 4.69) is 16.7 Å². The molecule has 0 radical (unpaired) electrons. The zero-order chi connectivity index (χ0) is 17.5. The van der Waals surface area contributed by atoms with Crippen molar-refractivity contribution in [3.8, 4) is 12.1 Å². The van der Waals surface area contributed by atoms with Gasteiger partial charge in [0.15, 0.2) is 0 Å². The van der Waals surface area contributed by atoms with Crippen molar-refractivity contribution in [2.75, 3.05) is 5.32 Å². The average Bonchev–Trinajstić information content (AvgIpc) is 3.39. The van der Waals surface area contributed by atoms with E-state index in [1.807, 2.05) is 6.07 Å². The molecule has 7 nitrogen and oxygen atoms in total. The van der Waals surface area contributed by atoms with Gasteiger partial charge in [-0.05, 0) is 43.0 Å². The number of nitrogens with one attached hydrogen (secondary N) is 3. The number of carbonyl (C=O) groups is 1. The Balaban J connectivity index is 2.06. The van der Waals surface area contributed by atoms with Crippen molar-refractivity contribution in [1.82, 2.24) is 5.32 Å². The van der Waals surface area contributed by atoms with Gasteiger partial charge in [-0.25, -0.2) is 0 Å². The summed E-state index contributed by atoms with van der Waals surface area (Å²) in [7, 11) is 0. The van der Waals surface area contributed by atoms with Gasteiger partial charge in [-0.1, -0.05) is 0 Å². The number of amides is 1. The minimum atomic E-state index is -0.736. The first-order valence-corrected chi connectivity index (χ1v) is 7.54. The van der Waals surface area contributed by atoms with E-state index in [9.17, 15) is 4.79 Å². The predicted octanol–water partition coefficient (Wildman–Crippen LogP) is 1.60. The molecule has 1 fully saturated rings. The maximum absolute atomic E-state index is 11.6. The number of hydrogen-bond acceptors (Lipinski definition) is 5. The number of benzene rings is 1. The van der Waals surface area contributed by atoms with E-state index in [0.717, 1.165) is 12.8 Å². The molecule has 0 aliphatic heterocycles. The molecule has 0 spiro atoms. The maximum Gasteiger partial charge on any atom is 0.253 e. The quantitative estimate of drug-likeness (QED) is 0.343. The third-order valence-corrected chi connectivity index (χ3v) is 3.76. The van der Waals surface area contributed by atoms with Gasteiger partial charge in [0.1, 0.15) is 5.84 Å². The molecular weight excluding hydrogens is 304 g/mol. The Kier molecular flexibility index (Phi) is 5.54. The monoisotopic (exact) mass is 322 g/mol. The number of nitrogens with two attached hydrogens (primary N) is 1. The third kappa shape index (κ3) is 4.59. The molecule has 1 unspecified atom stereocenters. The van der Waals surface area contributed by atoms with Crippen LogP contribution in [0.2, 0.25) is 0 Å². The minimum Gasteiger partial charge on any atom is -0.386 e. The van der Waals surface area contributed by atoms with Gasteiger partial charge in [-0.15, -0.1) is 0 Å². The first-order chi connectivity index (χ1) is 11.5. The Morgan fingerprint density at radius 3 is 2.54 bits per heavy atom. The highest BCUT2D eigenvalue weighted by Gasteiger charge is 2.30. The standard InChI is InChI=1S/C17H18N6O/c18-8-7-15(12-3-4-12)22-10-14(17(21)24)16(20)23-13-5-1-11(9-19)2-6-13/h1-2,5-6,10,12,15,22H,3-4,7H2,(H2,20,23)(H2,21,24)/b14-10+. The third-order valence-electron chi connectivity index (χ3n) is 3.76. The van der Waals surface area contributed by atoms with E-state index < -0.39 is 5.91 Å². The van der Waals surface area contributed by atoms with E-state index >= 15 is 0 Å². The van der Waals surface area contributed by atoms with Crippen LogP contribution in [0.25, 0.3) is 0 Å². The van der Waals surface area contributed by atoms with Crippen LogP contribution in [0.15, 0.2) is 36.0 Å². The first kappa shape index (κ1) is 17.0. The van der Waals surface area contributed by atoms with Gasteiger partial charge >= 0.3 is 0 Å². The maximum atomic E-state index is 11.6. The molecule has 7 heteroatoms. The van der Waals surface area contributed by atoms with Gasteiger partial charge in [-0.2, -0.15) is 10.5 Å². The summed E-state index contributed by atoms with van der Waals surface area (Å²) in [5.74, 6) is -0.456. The van der Waals surface area contributed by atoms with Crippen molar-refractivity contribution in [2.24, 2.45) is 11.7 Å². The smallest absolute Gasteiger partial charge is 0.253 e. The van der Waals surface area contributed by atoms with Gasteiger partial charge in [0.05, 0.1) is 29.7 Å². The molecule has 1 aliphatic rings. The lowest BCUT2D eigenvalue weighted by Gasteiger charge is -2.15. The van der Waals surface area contributed by atoms with Crippen LogP contribution in [0.3, 0.4) is 0 Å². The number of hydrogen-bond donors (Lipinski definition) is 4. The number of nitrogens with zero attached hydrogens (tertiary/aromatic N) is 2. The molecule has 122 valence electrons. The molecule has 1 saturated carbocycles. The summed E-state index contributed by atoms with van der Waals surface area (Å²) < 4.78 is 0. The average molecular weight is 322 g/mol. The van der Waals surface area contributed by atoms with Crippen LogP contribution in [-0.2, 0) is 4.79 Å². The van der Waals surface area contributed by atoms with Crippen LogP contribution in [0, 0.1) is 34.0 Å². The molecule has 5 N–H and O–H groups in total. The highest BCUT2D eigenvalue weighted by Crippen LogP contribution is 2.33. The lowest BCUT2D eigenvalue weighted by Crippen LogP contribution is -2.31. The summed E-state index contributed by atoms with van der Waals surface area (Å²) >= 11 is 0. The van der Waals surface area contributed by atoms with E-state index in [1.165, 1.54) is 6.20 Å². The second kappa shape index (κ2) is 7.80. The van der Waals surface area contributed by atoms with E-state index in [4.69, 9.17) is 21.7 Å². The summed E-state index contributed by atoms with van der Waals surface area (Å²) in [6.45, 7) is 0. The highest BCUT2D eigenvalue weighted by atomic mass is 16.1. The number of nitriles is 2. The van der Waals surface area contributed by atoms with Crippen LogP contribution >= 0.6 is 0 Å². The van der Waals surface area contributed by atoms with Crippen LogP contribution in [0.5, 0.6) is 0 Å². The van der Waals surface area contributed by atoms with Crippen molar-refractivity contribution in [1.29, 1.82) is 15.9 Å². The van der Waals surface area contributed by atoms with Crippen molar-refractivity contribution < 1.29 is 4.79 Å². The van der Waals surface area contributed by atoms with E-state index in [0.29, 0.717) is 23.6 Å². The summed E-state index contributed by atoms with van der Waals surface area (Å²) in [4.78, 5) is 11.6. The lowest BCUT2D eigenvalue weighted by molar-refractivity contribution is -0.114. The Morgan fingerprint density at radius 2 is 2.04 bits per heavy atom. The highest BCUT2D eigenvalue weighted by molar-refractivity contribution is 6.23. The first-order valence-electron chi connectivity index (χ1n) is 7.54. The number of rotatable bonds is 7. The van der Waals surface area contributed by atoms with Crippen molar-refractivity contribution in [3.05, 3.63) is 41.6 Å². The lowest BCUT2D eigenvalue weighted by atomic mass is 10.1. The fraction of sp³-hybridized carbons (Fsp3) is 0.294. The van der Waals surface area contributed by atoms with Crippen LogP contribution in [0.1, 0.15) is 24.8 Å². The Morgan fingerprint density at radius 1 is 1.38 bits per heavy atom. The number of primary amides is 1. The number of amidine groups is 1. The van der Waals surface area contributed by atoms with Gasteiger partial charge < -0.3 is 16.4 Å². The zero-order valence-corrected chi connectivity index (χ0v) is 13.0. The van der Waals surface area contributed by atoms with Gasteiger partial charge in [0.25, 0.3) is 5.91 Å². The molecular formula is C17H18N6O. The number of anilines is 1. The Bertz CT molecular complexity index is 734. The van der Waals surface area contributed by atoms with Gasteiger partial charge in [-0.3, -0.25) is 10.2 Å². The molecule has 24 heavy (non-hydrogen) atoms. The van der Waals surface area contributed by atoms with Crippen molar-refractivity contribution in [3.63, 3.8) is 0 Å². The summed E-state index contributed by atoms with van der Waals surface area (Å²) in [6, 6.07) is 10.6. The largest absolute Gasteiger partial charge is 0.386 e. The molecule has 1 atom stereocenters. The van der Waals surface area contributed by atoms with E-state index in [-0.39, 0.29) is 17.5 Å². The summed E-state index contributed by atoms with van der Waals surface area (Å²) in [5, 5.41) is 31.5. The fourth-order valence-electron chi connectivity index (χ4n) is 2.26. The van der Waals surface area contributed by atoms with Crippen LogP contribution < -0.4 is 16.4 Å². The van der Waals surface area contributed by atoms with Crippen LogP contribution in [0.4, 0.5) is 5.69 Å². The molecule has 1 aromatic carbocycles. The molecule has 0 saturated heterocycles. The molecule has 0 bridgehead atoms. The van der Waals surface area contributed by atoms with Gasteiger partial charge in [0, 0.05) is 17.9 Å². The minimum absolute atomic E-state index is 0.00273. The molecule has 1 amide bonds. The predicted molar refractivity (Wildman–Crippen MR) is 89.7 cm³/mol. The summed E-state index contributed by atoms with van der Waals surface area (Å²) in [6.07, 6.45) is 3.85. The van der Waals surface area contributed by atoms with Crippen molar-refractivity contribution >= 4 is 17.4 Å². The van der Waals surface area contributed by atoms with E-state index in [1.54, 1.807) is 24.3 Å². The second-order valence-corrected chi connectivity index (χ2v) is 5.58. The fourth-order valence-corrected chi connectivity index (χ4v) is 2.26. The van der Waals surface area contributed by atoms with Gasteiger partial charge in [0.2, 0.25) is 0 Å². The second-order valence-electron chi connectivity index (χ2n) is 5.58. The Labute approximate surface area is 140 Å². The molecule has 0 aromatic heterocycles. The van der Waals surface area contributed by atoms with Crippen molar-refractivity contribution in [2.45, 2.75) is 25.3 Å². The Hall–Kier alpha value is -3.32. The molecule has 2 rings (SSSR count). The topological polar surface area (TPSA) is 139 Å².